The molecule has 0 radical (unpaired) electrons. The first-order valence-electron chi connectivity index (χ1n) is 4.81. The number of rotatable bonds is 2. The molecule has 3 aromatic rings. The fraction of sp³-hybridized carbons (Fsp3) is 0.0909. The SMILES string of the molecule is COc1ccc(-c2nnc3sccn23)cc1. The van der Waals surface area contributed by atoms with Crippen LogP contribution in [0.25, 0.3) is 16.3 Å². The summed E-state index contributed by atoms with van der Waals surface area (Å²) in [7, 11) is 1.66. The summed E-state index contributed by atoms with van der Waals surface area (Å²) in [5, 5.41) is 10.3. The number of ether oxygens (including phenoxy) is 1. The number of nitrogens with zero attached hydrogens (tertiary/aromatic N) is 3. The summed E-state index contributed by atoms with van der Waals surface area (Å²) in [6, 6.07) is 7.80. The van der Waals surface area contributed by atoms with Gasteiger partial charge in [-0.25, -0.2) is 0 Å². The van der Waals surface area contributed by atoms with E-state index < -0.39 is 0 Å². The van der Waals surface area contributed by atoms with E-state index in [9.17, 15) is 0 Å². The standard InChI is InChI=1S/C11H9N3OS/c1-15-9-4-2-8(3-5-9)10-12-13-11-14(10)6-7-16-11/h2-7H,1H3. The van der Waals surface area contributed by atoms with Crippen LogP contribution in [0.3, 0.4) is 0 Å². The first-order chi connectivity index (χ1) is 7.88. The van der Waals surface area contributed by atoms with Gasteiger partial charge in [0.05, 0.1) is 7.11 Å². The van der Waals surface area contributed by atoms with Crippen molar-refractivity contribution < 1.29 is 4.74 Å². The van der Waals surface area contributed by atoms with E-state index in [1.54, 1.807) is 18.4 Å². The summed E-state index contributed by atoms with van der Waals surface area (Å²) in [6.45, 7) is 0. The minimum atomic E-state index is 0.842. The van der Waals surface area contributed by atoms with Crippen LogP contribution in [-0.2, 0) is 0 Å². The molecule has 0 atom stereocenters. The lowest BCUT2D eigenvalue weighted by molar-refractivity contribution is 0.415. The molecule has 0 N–H and O–H groups in total. The zero-order chi connectivity index (χ0) is 11.0. The molecule has 0 aliphatic carbocycles. The minimum absolute atomic E-state index is 0.842. The summed E-state index contributed by atoms with van der Waals surface area (Å²) >= 11 is 1.58. The third-order valence-corrected chi connectivity index (χ3v) is 3.14. The molecule has 0 saturated heterocycles. The van der Waals surface area contributed by atoms with E-state index in [1.165, 1.54) is 0 Å². The highest BCUT2D eigenvalue weighted by Gasteiger charge is 2.08. The van der Waals surface area contributed by atoms with Gasteiger partial charge < -0.3 is 4.74 Å². The van der Waals surface area contributed by atoms with Crippen molar-refractivity contribution >= 4 is 16.3 Å². The molecule has 0 aliphatic rings. The lowest BCUT2D eigenvalue weighted by Gasteiger charge is -2.00. The van der Waals surface area contributed by atoms with Crippen molar-refractivity contribution in [1.82, 2.24) is 14.6 Å². The Morgan fingerprint density at radius 1 is 1.19 bits per heavy atom. The molecule has 0 aliphatic heterocycles. The number of thiazole rings is 1. The number of hydrogen-bond acceptors (Lipinski definition) is 4. The molecule has 2 heterocycles. The molecule has 0 unspecified atom stereocenters. The summed E-state index contributed by atoms with van der Waals surface area (Å²) < 4.78 is 7.10. The van der Waals surface area contributed by atoms with Crippen molar-refractivity contribution in [3.05, 3.63) is 35.8 Å². The van der Waals surface area contributed by atoms with Gasteiger partial charge in [0, 0.05) is 17.1 Å². The molecule has 16 heavy (non-hydrogen) atoms. The predicted octanol–water partition coefficient (Wildman–Crippen LogP) is 2.47. The predicted molar refractivity (Wildman–Crippen MR) is 62.9 cm³/mol. The summed E-state index contributed by atoms with van der Waals surface area (Å²) in [4.78, 5) is 0.908. The molecule has 0 fully saturated rings. The quantitative estimate of drug-likeness (QED) is 0.680. The van der Waals surface area contributed by atoms with Crippen LogP contribution in [0.2, 0.25) is 0 Å². The number of aromatic nitrogens is 3. The van der Waals surface area contributed by atoms with Crippen LogP contribution in [0.4, 0.5) is 0 Å². The molecule has 0 spiro atoms. The minimum Gasteiger partial charge on any atom is -0.497 e. The number of fused-ring (bicyclic) bond motifs is 1. The lowest BCUT2D eigenvalue weighted by atomic mass is 10.2. The van der Waals surface area contributed by atoms with Gasteiger partial charge in [-0.05, 0) is 24.3 Å². The average molecular weight is 231 g/mol. The van der Waals surface area contributed by atoms with E-state index >= 15 is 0 Å². The number of benzene rings is 1. The van der Waals surface area contributed by atoms with Gasteiger partial charge in [-0.2, -0.15) is 0 Å². The van der Waals surface area contributed by atoms with Gasteiger partial charge in [-0.15, -0.1) is 21.5 Å². The van der Waals surface area contributed by atoms with E-state index in [2.05, 4.69) is 10.2 Å². The first-order valence-corrected chi connectivity index (χ1v) is 5.69. The molecule has 5 heteroatoms. The molecule has 2 aromatic heterocycles. The molecule has 3 rings (SSSR count). The van der Waals surface area contributed by atoms with E-state index in [0.717, 1.165) is 22.1 Å². The Morgan fingerprint density at radius 2 is 2.00 bits per heavy atom. The van der Waals surface area contributed by atoms with Gasteiger partial charge in [0.2, 0.25) is 4.96 Å². The lowest BCUT2D eigenvalue weighted by Crippen LogP contribution is -1.87. The fourth-order valence-electron chi connectivity index (χ4n) is 1.58. The summed E-state index contributed by atoms with van der Waals surface area (Å²) in [5.41, 5.74) is 1.03. The highest BCUT2D eigenvalue weighted by molar-refractivity contribution is 7.15. The van der Waals surface area contributed by atoms with Crippen LogP contribution >= 0.6 is 11.3 Å². The summed E-state index contributed by atoms with van der Waals surface area (Å²) in [5.74, 6) is 1.70. The Morgan fingerprint density at radius 3 is 2.75 bits per heavy atom. The van der Waals surface area contributed by atoms with Crippen molar-refractivity contribution in [2.24, 2.45) is 0 Å². The monoisotopic (exact) mass is 231 g/mol. The second-order valence-electron chi connectivity index (χ2n) is 3.31. The van der Waals surface area contributed by atoms with Gasteiger partial charge in [-0.3, -0.25) is 4.40 Å². The third kappa shape index (κ3) is 1.37. The van der Waals surface area contributed by atoms with Gasteiger partial charge in [-0.1, -0.05) is 0 Å². The fourth-order valence-corrected chi connectivity index (χ4v) is 2.23. The van der Waals surface area contributed by atoms with Gasteiger partial charge in [0.1, 0.15) is 5.75 Å². The van der Waals surface area contributed by atoms with Gasteiger partial charge in [0.25, 0.3) is 0 Å². The zero-order valence-electron chi connectivity index (χ0n) is 8.62. The third-order valence-electron chi connectivity index (χ3n) is 2.40. The maximum Gasteiger partial charge on any atom is 0.216 e. The smallest absolute Gasteiger partial charge is 0.216 e. The average Bonchev–Trinajstić information content (AvgIpc) is 2.91. The maximum atomic E-state index is 5.12. The topological polar surface area (TPSA) is 39.4 Å². The normalized spacial score (nSPS) is 10.8. The largest absolute Gasteiger partial charge is 0.497 e. The Hall–Kier alpha value is -1.88. The van der Waals surface area contributed by atoms with Crippen molar-refractivity contribution in [2.45, 2.75) is 0 Å². The Balaban J connectivity index is 2.12. The van der Waals surface area contributed by atoms with E-state index in [4.69, 9.17) is 4.74 Å². The van der Waals surface area contributed by atoms with Crippen LogP contribution in [0, 0.1) is 0 Å². The van der Waals surface area contributed by atoms with Gasteiger partial charge >= 0.3 is 0 Å². The molecule has 1 aromatic carbocycles. The Labute approximate surface area is 96.1 Å². The van der Waals surface area contributed by atoms with Gasteiger partial charge in [0.15, 0.2) is 5.82 Å². The second kappa shape index (κ2) is 3.61. The van der Waals surface area contributed by atoms with E-state index in [-0.39, 0.29) is 0 Å². The van der Waals surface area contributed by atoms with E-state index in [1.807, 2.05) is 40.2 Å². The second-order valence-corrected chi connectivity index (χ2v) is 4.18. The molecule has 4 nitrogen and oxygen atoms in total. The van der Waals surface area contributed by atoms with Crippen LogP contribution < -0.4 is 4.74 Å². The molecule has 0 amide bonds. The maximum absolute atomic E-state index is 5.12. The molecule has 80 valence electrons. The van der Waals surface area contributed by atoms with E-state index in [0.29, 0.717) is 0 Å². The molecular formula is C11H9N3OS. The molecule has 0 saturated carbocycles. The van der Waals surface area contributed by atoms with Crippen molar-refractivity contribution in [3.63, 3.8) is 0 Å². The Kier molecular flexibility index (Phi) is 2.11. The highest BCUT2D eigenvalue weighted by Crippen LogP contribution is 2.22. The van der Waals surface area contributed by atoms with Crippen LogP contribution in [0.15, 0.2) is 35.8 Å². The van der Waals surface area contributed by atoms with Crippen molar-refractivity contribution in [2.75, 3.05) is 7.11 Å². The Bertz CT molecular complexity index is 611. The zero-order valence-corrected chi connectivity index (χ0v) is 9.44. The summed E-state index contributed by atoms with van der Waals surface area (Å²) in [6.07, 6.45) is 1.97. The number of hydrogen-bond donors (Lipinski definition) is 0. The van der Waals surface area contributed by atoms with Crippen LogP contribution in [0.1, 0.15) is 0 Å². The van der Waals surface area contributed by atoms with Crippen molar-refractivity contribution in [1.29, 1.82) is 0 Å². The number of methoxy groups -OCH3 is 1. The van der Waals surface area contributed by atoms with Crippen LogP contribution in [0.5, 0.6) is 5.75 Å². The molecular weight excluding hydrogens is 222 g/mol. The highest BCUT2D eigenvalue weighted by atomic mass is 32.1. The van der Waals surface area contributed by atoms with Crippen LogP contribution in [-0.4, -0.2) is 21.7 Å². The molecule has 0 bridgehead atoms. The van der Waals surface area contributed by atoms with Crippen molar-refractivity contribution in [3.8, 4) is 17.1 Å². The first kappa shape index (κ1) is 9.35.